The van der Waals surface area contributed by atoms with Gasteiger partial charge in [-0.2, -0.15) is 0 Å². The number of carboxylic acid groups (broad SMARTS) is 1. The smallest absolute Gasteiger partial charge is 0.348 e. The van der Waals surface area contributed by atoms with Gasteiger partial charge in [-0.05, 0) is 18.6 Å². The number of carbonyl (C=O) groups is 1. The van der Waals surface area contributed by atoms with E-state index in [-0.39, 0.29) is 5.57 Å². The average molecular weight is 250 g/mol. The molecule has 1 aliphatic heterocycles. The Hall–Kier alpha value is -1.88. The lowest BCUT2D eigenvalue weighted by Gasteiger charge is -2.03. The molecule has 4 nitrogen and oxygen atoms in total. The topological polar surface area (TPSA) is 71.4 Å². The molecule has 1 aromatic rings. The third-order valence-electron chi connectivity index (χ3n) is 2.47. The normalized spacial score (nSPS) is 17.5. The van der Waals surface area contributed by atoms with Crippen molar-refractivity contribution in [2.24, 2.45) is 0 Å². The van der Waals surface area contributed by atoms with Crippen LogP contribution in [0.1, 0.15) is 11.1 Å². The molecule has 0 radical (unpaired) electrons. The minimum atomic E-state index is -3.80. The minimum absolute atomic E-state index is 0.237. The summed E-state index contributed by atoms with van der Waals surface area (Å²) in [7, 11) is -3.80. The van der Waals surface area contributed by atoms with Crippen molar-refractivity contribution >= 4 is 21.4 Å². The maximum absolute atomic E-state index is 11.5. The fraction of sp³-hybridized carbons (Fsp3) is 0.0833. The molecule has 0 aliphatic carbocycles. The Morgan fingerprint density at radius 2 is 2.00 bits per heavy atom. The van der Waals surface area contributed by atoms with E-state index in [0.29, 0.717) is 5.56 Å². The Morgan fingerprint density at radius 1 is 1.29 bits per heavy atom. The van der Waals surface area contributed by atoms with Crippen LogP contribution in [0.15, 0.2) is 40.7 Å². The molecule has 5 heteroatoms. The van der Waals surface area contributed by atoms with Gasteiger partial charge in [-0.15, -0.1) is 0 Å². The summed E-state index contributed by atoms with van der Waals surface area (Å²) in [5, 5.41) is 9.90. The van der Waals surface area contributed by atoms with Crippen LogP contribution in [-0.2, 0) is 14.6 Å². The van der Waals surface area contributed by atoms with Crippen LogP contribution < -0.4 is 0 Å². The van der Waals surface area contributed by atoms with Gasteiger partial charge in [0.25, 0.3) is 0 Å². The van der Waals surface area contributed by atoms with Gasteiger partial charge in [0.1, 0.15) is 0 Å². The van der Waals surface area contributed by atoms with Crippen LogP contribution in [-0.4, -0.2) is 19.5 Å². The van der Waals surface area contributed by atoms with Crippen molar-refractivity contribution in [3.8, 4) is 0 Å². The predicted octanol–water partition coefficient (Wildman–Crippen LogP) is 1.73. The zero-order chi connectivity index (χ0) is 12.6. The summed E-state index contributed by atoms with van der Waals surface area (Å²) in [4.78, 5) is 10.5. The number of carboxylic acids is 1. The number of hydrogen-bond donors (Lipinski definition) is 1. The summed E-state index contributed by atoms with van der Waals surface area (Å²) in [6.45, 7) is 1.86. The minimum Gasteiger partial charge on any atom is -0.477 e. The molecule has 0 unspecified atom stereocenters. The summed E-state index contributed by atoms with van der Waals surface area (Å²) in [5.74, 6) is -1.42. The monoisotopic (exact) mass is 250 g/mol. The first-order valence-electron chi connectivity index (χ1n) is 4.89. The first kappa shape index (κ1) is 11.6. The second-order valence-electron chi connectivity index (χ2n) is 3.77. The predicted molar refractivity (Wildman–Crippen MR) is 63.8 cm³/mol. The molecule has 1 N–H and O–H groups in total. The molecule has 0 saturated carbocycles. The maximum atomic E-state index is 11.5. The van der Waals surface area contributed by atoms with Gasteiger partial charge in [-0.25, -0.2) is 13.2 Å². The molecule has 1 aliphatic rings. The van der Waals surface area contributed by atoms with Crippen LogP contribution in [0.4, 0.5) is 0 Å². The summed E-state index contributed by atoms with van der Waals surface area (Å²) >= 11 is 0. The van der Waals surface area contributed by atoms with E-state index in [1.165, 1.54) is 6.08 Å². The highest BCUT2D eigenvalue weighted by Crippen LogP contribution is 2.31. The van der Waals surface area contributed by atoms with Gasteiger partial charge in [0.2, 0.25) is 9.84 Å². The Morgan fingerprint density at radius 3 is 2.59 bits per heavy atom. The molecular weight excluding hydrogens is 240 g/mol. The van der Waals surface area contributed by atoms with Gasteiger partial charge >= 0.3 is 5.97 Å². The van der Waals surface area contributed by atoms with E-state index in [9.17, 15) is 13.2 Å². The lowest BCUT2D eigenvalue weighted by atomic mass is 10.0. The van der Waals surface area contributed by atoms with Crippen LogP contribution in [0, 0.1) is 6.92 Å². The summed E-state index contributed by atoms with van der Waals surface area (Å²) < 4.78 is 23.1. The maximum Gasteiger partial charge on any atom is 0.348 e. The number of allylic oxidation sites excluding steroid dienone is 2. The van der Waals surface area contributed by atoms with Crippen LogP contribution in [0.2, 0.25) is 0 Å². The Kier molecular flexibility index (Phi) is 2.63. The lowest BCUT2D eigenvalue weighted by Crippen LogP contribution is -2.09. The number of benzene rings is 1. The van der Waals surface area contributed by atoms with E-state index in [4.69, 9.17) is 5.11 Å². The number of hydrogen-bond acceptors (Lipinski definition) is 3. The van der Waals surface area contributed by atoms with Crippen molar-refractivity contribution < 1.29 is 18.3 Å². The lowest BCUT2D eigenvalue weighted by molar-refractivity contribution is -0.131. The molecule has 0 saturated heterocycles. The second kappa shape index (κ2) is 3.85. The van der Waals surface area contributed by atoms with Crippen LogP contribution in [0.3, 0.4) is 0 Å². The van der Waals surface area contributed by atoms with E-state index >= 15 is 0 Å². The zero-order valence-electron chi connectivity index (χ0n) is 9.04. The highest BCUT2D eigenvalue weighted by atomic mass is 32.2. The number of aliphatic carboxylic acids is 1. The molecule has 0 bridgehead atoms. The van der Waals surface area contributed by atoms with Gasteiger partial charge < -0.3 is 5.11 Å². The quantitative estimate of drug-likeness (QED) is 0.867. The van der Waals surface area contributed by atoms with E-state index < -0.39 is 20.7 Å². The zero-order valence-corrected chi connectivity index (χ0v) is 9.86. The second-order valence-corrected chi connectivity index (χ2v) is 5.54. The molecule has 0 amide bonds. The average Bonchev–Trinajstić information content (AvgIpc) is 2.54. The fourth-order valence-corrected chi connectivity index (χ4v) is 2.92. The van der Waals surface area contributed by atoms with Gasteiger partial charge in [-0.1, -0.05) is 29.8 Å². The van der Waals surface area contributed by atoms with Crippen LogP contribution in [0.25, 0.3) is 5.57 Å². The van der Waals surface area contributed by atoms with Crippen molar-refractivity contribution in [2.45, 2.75) is 6.92 Å². The molecular formula is C12H10O4S. The Labute approximate surface area is 98.8 Å². The van der Waals surface area contributed by atoms with E-state index in [1.54, 1.807) is 18.2 Å². The standard InChI is InChI=1S/C12H10O4S/c1-8-3-2-4-9(7-8)10-5-6-17(15,16)11(10)12(13)14/h2-7H,1H3,(H,13,14). The van der Waals surface area contributed by atoms with Crippen molar-refractivity contribution in [3.05, 3.63) is 51.8 Å². The van der Waals surface area contributed by atoms with Gasteiger partial charge in [0.05, 0.1) is 0 Å². The molecule has 0 atom stereocenters. The third kappa shape index (κ3) is 2.01. The highest BCUT2D eigenvalue weighted by molar-refractivity contribution is 7.99. The van der Waals surface area contributed by atoms with E-state index in [0.717, 1.165) is 11.0 Å². The van der Waals surface area contributed by atoms with Crippen LogP contribution in [0.5, 0.6) is 0 Å². The molecule has 1 aromatic carbocycles. The van der Waals surface area contributed by atoms with E-state index in [1.807, 2.05) is 13.0 Å². The van der Waals surface area contributed by atoms with Crippen molar-refractivity contribution in [1.82, 2.24) is 0 Å². The van der Waals surface area contributed by atoms with Crippen molar-refractivity contribution in [1.29, 1.82) is 0 Å². The summed E-state index contributed by atoms with van der Waals surface area (Å²) in [5.41, 5.74) is 1.78. The van der Waals surface area contributed by atoms with Crippen molar-refractivity contribution in [2.75, 3.05) is 0 Å². The Bertz CT molecular complexity index is 651. The molecule has 17 heavy (non-hydrogen) atoms. The third-order valence-corrected chi connectivity index (χ3v) is 3.92. The van der Waals surface area contributed by atoms with Crippen molar-refractivity contribution in [3.63, 3.8) is 0 Å². The number of sulfone groups is 1. The molecule has 88 valence electrons. The van der Waals surface area contributed by atoms with Gasteiger partial charge in [0, 0.05) is 11.0 Å². The highest BCUT2D eigenvalue weighted by Gasteiger charge is 2.30. The molecule has 2 rings (SSSR count). The SMILES string of the molecule is Cc1cccc(C2=C(C(=O)O)S(=O)(=O)C=C2)c1. The fourth-order valence-electron chi connectivity index (χ4n) is 1.73. The van der Waals surface area contributed by atoms with Gasteiger partial charge in [0.15, 0.2) is 4.91 Å². The molecule has 0 fully saturated rings. The van der Waals surface area contributed by atoms with E-state index in [2.05, 4.69) is 0 Å². The Balaban J connectivity index is 2.69. The first-order valence-corrected chi connectivity index (χ1v) is 6.44. The van der Waals surface area contributed by atoms with Crippen LogP contribution >= 0.6 is 0 Å². The largest absolute Gasteiger partial charge is 0.477 e. The number of rotatable bonds is 2. The number of aryl methyl sites for hydroxylation is 1. The molecule has 0 spiro atoms. The molecule has 0 aromatic heterocycles. The summed E-state index contributed by atoms with van der Waals surface area (Å²) in [6, 6.07) is 7.06. The first-order chi connectivity index (χ1) is 7.92. The summed E-state index contributed by atoms with van der Waals surface area (Å²) in [6.07, 6.45) is 1.33. The molecule has 1 heterocycles. The van der Waals surface area contributed by atoms with Gasteiger partial charge in [-0.3, -0.25) is 0 Å².